The minimum absolute atomic E-state index is 0.00413. The van der Waals surface area contributed by atoms with Crippen LogP contribution < -0.4 is 0 Å². The van der Waals surface area contributed by atoms with Crippen LogP contribution in [0.3, 0.4) is 0 Å². The molecule has 1 unspecified atom stereocenters. The van der Waals surface area contributed by atoms with Gasteiger partial charge in [-0.05, 0) is 24.6 Å². The van der Waals surface area contributed by atoms with Crippen LogP contribution >= 0.6 is 0 Å². The number of nitrogens with one attached hydrogen (secondary N) is 1. The van der Waals surface area contributed by atoms with E-state index < -0.39 is 15.8 Å². The van der Waals surface area contributed by atoms with Crippen molar-refractivity contribution in [3.05, 3.63) is 47.0 Å². The van der Waals surface area contributed by atoms with Gasteiger partial charge >= 0.3 is 0 Å². The number of nitrogens with zero attached hydrogens (tertiary/aromatic N) is 2. The maximum atomic E-state index is 13.4. The fraction of sp³-hybridized carbons (Fsp3) is 0.438. The summed E-state index contributed by atoms with van der Waals surface area (Å²) in [5, 5.41) is 7.44. The van der Waals surface area contributed by atoms with Crippen LogP contribution in [0.2, 0.25) is 0 Å². The van der Waals surface area contributed by atoms with Gasteiger partial charge in [0, 0.05) is 36.7 Å². The van der Waals surface area contributed by atoms with Crippen molar-refractivity contribution in [1.29, 1.82) is 0 Å². The van der Waals surface area contributed by atoms with Crippen molar-refractivity contribution in [1.82, 2.24) is 14.5 Å². The molecule has 0 saturated carbocycles. The van der Waals surface area contributed by atoms with Crippen LogP contribution in [0.25, 0.3) is 0 Å². The normalized spacial score (nSPS) is 21.8. The molecule has 1 fully saturated rings. The molecule has 1 atom stereocenters. The number of benzene rings is 1. The van der Waals surface area contributed by atoms with Crippen molar-refractivity contribution >= 4 is 10.0 Å². The van der Waals surface area contributed by atoms with Gasteiger partial charge in [-0.15, -0.1) is 0 Å². The third kappa shape index (κ3) is 2.64. The van der Waals surface area contributed by atoms with E-state index in [2.05, 4.69) is 10.2 Å². The van der Waals surface area contributed by atoms with Crippen molar-refractivity contribution in [3.8, 4) is 0 Å². The summed E-state index contributed by atoms with van der Waals surface area (Å²) in [6.07, 6.45) is 1.51. The average molecular weight is 351 g/mol. The second kappa shape index (κ2) is 5.94. The molecule has 1 aromatic heterocycles. The van der Waals surface area contributed by atoms with Gasteiger partial charge in [-0.1, -0.05) is 6.07 Å². The highest BCUT2D eigenvalue weighted by molar-refractivity contribution is 7.89. The summed E-state index contributed by atoms with van der Waals surface area (Å²) >= 11 is 0. The Kier molecular flexibility index (Phi) is 3.90. The van der Waals surface area contributed by atoms with Gasteiger partial charge in [0.1, 0.15) is 5.82 Å². The summed E-state index contributed by atoms with van der Waals surface area (Å²) < 4.78 is 45.7. The van der Waals surface area contributed by atoms with Crippen molar-refractivity contribution in [2.45, 2.75) is 30.3 Å². The fourth-order valence-electron chi connectivity index (χ4n) is 3.42. The van der Waals surface area contributed by atoms with Crippen molar-refractivity contribution in [2.75, 3.05) is 19.7 Å². The van der Waals surface area contributed by atoms with E-state index in [1.807, 2.05) is 0 Å². The zero-order valence-corrected chi connectivity index (χ0v) is 13.9. The minimum Gasteiger partial charge on any atom is -0.376 e. The highest BCUT2D eigenvalue weighted by atomic mass is 32.2. The molecule has 1 saturated heterocycles. The van der Waals surface area contributed by atoms with E-state index >= 15 is 0 Å². The summed E-state index contributed by atoms with van der Waals surface area (Å²) in [6.45, 7) is 1.97. The van der Waals surface area contributed by atoms with Gasteiger partial charge in [0.15, 0.2) is 0 Å². The number of aromatic nitrogens is 2. The van der Waals surface area contributed by atoms with E-state index in [4.69, 9.17) is 4.74 Å². The molecule has 2 aliphatic rings. The van der Waals surface area contributed by atoms with Crippen LogP contribution in [0.15, 0.2) is 29.2 Å². The van der Waals surface area contributed by atoms with Gasteiger partial charge in [0.2, 0.25) is 10.0 Å². The van der Waals surface area contributed by atoms with E-state index in [-0.39, 0.29) is 10.8 Å². The molecular weight excluding hydrogens is 333 g/mol. The van der Waals surface area contributed by atoms with E-state index in [0.29, 0.717) is 32.7 Å². The Bertz CT molecular complexity index is 865. The van der Waals surface area contributed by atoms with Gasteiger partial charge in [0.25, 0.3) is 0 Å². The molecule has 3 heterocycles. The standard InChI is InChI=1S/C16H18FN3O3S/c17-12-2-1-3-13(8-12)24(21,22)20-6-4-11(9-20)16-14-10-23-7-5-15(14)18-19-16/h1-3,8,11H,4-7,9-10H2,(H,18,19). The Hall–Kier alpha value is -1.77. The molecule has 4 rings (SSSR count). The molecule has 6 nitrogen and oxygen atoms in total. The average Bonchev–Trinajstić information content (AvgIpc) is 3.21. The Labute approximate surface area is 139 Å². The molecule has 2 aromatic rings. The highest BCUT2D eigenvalue weighted by Crippen LogP contribution is 2.33. The molecule has 0 amide bonds. The van der Waals surface area contributed by atoms with Gasteiger partial charge in [-0.25, -0.2) is 12.8 Å². The number of H-pyrrole nitrogens is 1. The van der Waals surface area contributed by atoms with Crippen LogP contribution in [-0.4, -0.2) is 42.6 Å². The molecule has 24 heavy (non-hydrogen) atoms. The van der Waals surface area contributed by atoms with Crippen molar-refractivity contribution in [3.63, 3.8) is 0 Å². The first-order valence-electron chi connectivity index (χ1n) is 7.95. The summed E-state index contributed by atoms with van der Waals surface area (Å²) in [5.41, 5.74) is 3.06. The Morgan fingerprint density at radius 1 is 1.38 bits per heavy atom. The second-order valence-corrected chi connectivity index (χ2v) is 8.11. The molecule has 0 bridgehead atoms. The first kappa shape index (κ1) is 15.7. The van der Waals surface area contributed by atoms with E-state index in [1.54, 1.807) is 0 Å². The summed E-state index contributed by atoms with van der Waals surface area (Å²) in [6, 6.07) is 5.14. The van der Waals surface area contributed by atoms with Gasteiger partial charge in [0.05, 0.1) is 23.8 Å². The molecule has 0 radical (unpaired) electrons. The second-order valence-electron chi connectivity index (χ2n) is 6.17. The van der Waals surface area contributed by atoms with Crippen molar-refractivity contribution in [2.24, 2.45) is 0 Å². The van der Waals surface area contributed by atoms with Crippen LogP contribution in [0.4, 0.5) is 4.39 Å². The zero-order valence-electron chi connectivity index (χ0n) is 13.0. The monoisotopic (exact) mass is 351 g/mol. The van der Waals surface area contributed by atoms with Crippen LogP contribution in [0.5, 0.6) is 0 Å². The number of rotatable bonds is 3. The molecule has 2 aliphatic heterocycles. The molecule has 8 heteroatoms. The summed E-state index contributed by atoms with van der Waals surface area (Å²) in [4.78, 5) is -0.00413. The number of aromatic amines is 1. The molecule has 0 spiro atoms. The SMILES string of the molecule is O=S(=O)(c1cccc(F)c1)N1CCC(c2n[nH]c3c2COCC3)C1. The van der Waals surface area contributed by atoms with Gasteiger partial charge < -0.3 is 4.74 Å². The number of ether oxygens (including phenoxy) is 1. The van der Waals surface area contributed by atoms with Gasteiger partial charge in [-0.3, -0.25) is 5.10 Å². The third-order valence-electron chi connectivity index (χ3n) is 4.70. The smallest absolute Gasteiger partial charge is 0.243 e. The first-order chi connectivity index (χ1) is 11.6. The van der Waals surface area contributed by atoms with Crippen LogP contribution in [0.1, 0.15) is 29.3 Å². The van der Waals surface area contributed by atoms with Gasteiger partial charge in [-0.2, -0.15) is 9.40 Å². The Morgan fingerprint density at radius 3 is 3.08 bits per heavy atom. The van der Waals surface area contributed by atoms with E-state index in [1.165, 1.54) is 22.5 Å². The predicted molar refractivity (Wildman–Crippen MR) is 84.5 cm³/mol. The van der Waals surface area contributed by atoms with Crippen molar-refractivity contribution < 1.29 is 17.5 Å². The van der Waals surface area contributed by atoms with Crippen LogP contribution in [-0.2, 0) is 27.8 Å². The highest BCUT2D eigenvalue weighted by Gasteiger charge is 2.36. The maximum Gasteiger partial charge on any atom is 0.243 e. The maximum absolute atomic E-state index is 13.4. The quantitative estimate of drug-likeness (QED) is 0.915. The molecular formula is C16H18FN3O3S. The summed E-state index contributed by atoms with van der Waals surface area (Å²) in [7, 11) is -3.68. The number of halogens is 1. The lowest BCUT2D eigenvalue weighted by Crippen LogP contribution is -2.28. The minimum atomic E-state index is -3.68. The lowest BCUT2D eigenvalue weighted by Gasteiger charge is -2.17. The molecule has 0 aliphatic carbocycles. The largest absolute Gasteiger partial charge is 0.376 e. The molecule has 128 valence electrons. The lowest BCUT2D eigenvalue weighted by atomic mass is 9.98. The topological polar surface area (TPSA) is 75.3 Å². The fourth-order valence-corrected chi connectivity index (χ4v) is 4.95. The van der Waals surface area contributed by atoms with E-state index in [9.17, 15) is 12.8 Å². The molecule has 1 N–H and O–H groups in total. The predicted octanol–water partition coefficient (Wildman–Crippen LogP) is 1.80. The number of hydrogen-bond donors (Lipinski definition) is 1. The first-order valence-corrected chi connectivity index (χ1v) is 9.39. The molecule has 1 aromatic carbocycles. The van der Waals surface area contributed by atoms with E-state index in [0.717, 1.165) is 29.4 Å². The number of hydrogen-bond acceptors (Lipinski definition) is 4. The lowest BCUT2D eigenvalue weighted by molar-refractivity contribution is 0.109. The zero-order chi connectivity index (χ0) is 16.7. The summed E-state index contributed by atoms with van der Waals surface area (Å²) in [5.74, 6) is -0.514. The Morgan fingerprint density at radius 2 is 2.25 bits per heavy atom. The van der Waals surface area contributed by atoms with Crippen LogP contribution in [0, 0.1) is 5.82 Å². The third-order valence-corrected chi connectivity index (χ3v) is 6.56. The Balaban J connectivity index is 1.57. The number of fused-ring (bicyclic) bond motifs is 1. The number of sulfonamides is 1.